The first-order valence-electron chi connectivity index (χ1n) is 8.86. The van der Waals surface area contributed by atoms with Crippen molar-refractivity contribution in [3.05, 3.63) is 59.2 Å². The maximum atomic E-state index is 12.2. The molecule has 0 fully saturated rings. The Morgan fingerprint density at radius 1 is 1.04 bits per heavy atom. The Balaban J connectivity index is 1.84. The first-order valence-corrected chi connectivity index (χ1v) is 8.86. The van der Waals surface area contributed by atoms with Crippen molar-refractivity contribution in [3.63, 3.8) is 0 Å². The standard InChI is InChI=1S/C21H25N3O4/c1-14(2)16-7-5-15(6-8-16)12-23-24-20(25)13-22-21(26)17-9-10-18(27-3)19(11-17)28-4/h5-12,14H,13H2,1-4H3,(H,22,26)(H,24,25)/b23-12-. The fraction of sp³-hybridized carbons (Fsp3) is 0.286. The van der Waals surface area contributed by atoms with Gasteiger partial charge in [0.25, 0.3) is 11.8 Å². The molecule has 148 valence electrons. The number of hydrogen-bond donors (Lipinski definition) is 2. The number of rotatable bonds is 8. The van der Waals surface area contributed by atoms with Gasteiger partial charge in [-0.25, -0.2) is 5.43 Å². The second kappa shape index (κ2) is 10.1. The molecule has 0 aromatic heterocycles. The minimum absolute atomic E-state index is 0.198. The maximum absolute atomic E-state index is 12.2. The van der Waals surface area contributed by atoms with Crippen LogP contribution in [-0.2, 0) is 4.79 Å². The zero-order valence-corrected chi connectivity index (χ0v) is 16.5. The highest BCUT2D eigenvalue weighted by molar-refractivity contribution is 5.97. The van der Waals surface area contributed by atoms with Crippen LogP contribution in [0.2, 0.25) is 0 Å². The van der Waals surface area contributed by atoms with E-state index in [4.69, 9.17) is 9.47 Å². The molecule has 0 heterocycles. The molecule has 28 heavy (non-hydrogen) atoms. The number of methoxy groups -OCH3 is 2. The molecule has 0 aliphatic heterocycles. The van der Waals surface area contributed by atoms with Gasteiger partial charge in [-0.3, -0.25) is 9.59 Å². The third-order valence-electron chi connectivity index (χ3n) is 4.06. The highest BCUT2D eigenvalue weighted by Crippen LogP contribution is 2.27. The van der Waals surface area contributed by atoms with E-state index in [1.807, 2.05) is 24.3 Å². The predicted octanol–water partition coefficient (Wildman–Crippen LogP) is 2.71. The summed E-state index contributed by atoms with van der Waals surface area (Å²) in [6.45, 7) is 4.05. The summed E-state index contributed by atoms with van der Waals surface area (Å²) in [7, 11) is 3.00. The number of carbonyl (C=O) groups is 2. The molecule has 0 radical (unpaired) electrons. The van der Waals surface area contributed by atoms with Crippen molar-refractivity contribution < 1.29 is 19.1 Å². The monoisotopic (exact) mass is 383 g/mol. The SMILES string of the molecule is COc1ccc(C(=O)NCC(=O)N/N=C\c2ccc(C(C)C)cc2)cc1OC. The van der Waals surface area contributed by atoms with Crippen LogP contribution in [0.25, 0.3) is 0 Å². The highest BCUT2D eigenvalue weighted by atomic mass is 16.5. The molecule has 2 amide bonds. The Kier molecular flexibility index (Phi) is 7.56. The number of benzene rings is 2. The number of ether oxygens (including phenoxy) is 2. The molecular formula is C21H25N3O4. The van der Waals surface area contributed by atoms with Gasteiger partial charge in [-0.15, -0.1) is 0 Å². The van der Waals surface area contributed by atoms with E-state index in [-0.39, 0.29) is 6.54 Å². The van der Waals surface area contributed by atoms with Crippen LogP contribution in [-0.4, -0.2) is 38.8 Å². The van der Waals surface area contributed by atoms with E-state index >= 15 is 0 Å². The summed E-state index contributed by atoms with van der Waals surface area (Å²) in [6.07, 6.45) is 1.55. The molecule has 7 heteroatoms. The van der Waals surface area contributed by atoms with Gasteiger partial charge in [0.05, 0.1) is 27.0 Å². The maximum Gasteiger partial charge on any atom is 0.259 e. The number of nitrogens with one attached hydrogen (secondary N) is 2. The summed E-state index contributed by atoms with van der Waals surface area (Å²) < 4.78 is 10.3. The van der Waals surface area contributed by atoms with E-state index in [1.165, 1.54) is 19.8 Å². The number of hydrazone groups is 1. The summed E-state index contributed by atoms with van der Waals surface area (Å²) in [4.78, 5) is 24.0. The van der Waals surface area contributed by atoms with Gasteiger partial charge in [0, 0.05) is 5.56 Å². The Hall–Kier alpha value is -3.35. The second-order valence-electron chi connectivity index (χ2n) is 6.37. The van der Waals surface area contributed by atoms with Gasteiger partial charge in [-0.05, 0) is 35.2 Å². The Labute approximate surface area is 164 Å². The van der Waals surface area contributed by atoms with Gasteiger partial charge in [-0.1, -0.05) is 38.1 Å². The lowest BCUT2D eigenvalue weighted by Crippen LogP contribution is -2.34. The van der Waals surface area contributed by atoms with Crippen LogP contribution in [0, 0.1) is 0 Å². The first-order chi connectivity index (χ1) is 13.4. The lowest BCUT2D eigenvalue weighted by molar-refractivity contribution is -0.120. The van der Waals surface area contributed by atoms with Gasteiger partial charge in [0.1, 0.15) is 0 Å². The molecule has 0 saturated carbocycles. The molecule has 0 aliphatic carbocycles. The van der Waals surface area contributed by atoms with Crippen molar-refractivity contribution in [3.8, 4) is 11.5 Å². The molecule has 0 spiro atoms. The Bertz CT molecular complexity index is 845. The molecule has 2 rings (SSSR count). The lowest BCUT2D eigenvalue weighted by Gasteiger charge is -2.09. The van der Waals surface area contributed by atoms with E-state index in [2.05, 4.69) is 29.7 Å². The Morgan fingerprint density at radius 3 is 2.32 bits per heavy atom. The predicted molar refractivity (Wildman–Crippen MR) is 108 cm³/mol. The van der Waals surface area contributed by atoms with Crippen LogP contribution in [0.4, 0.5) is 0 Å². The van der Waals surface area contributed by atoms with Crippen molar-refractivity contribution >= 4 is 18.0 Å². The van der Waals surface area contributed by atoms with Crippen LogP contribution in [0.3, 0.4) is 0 Å². The summed E-state index contributed by atoms with van der Waals surface area (Å²) >= 11 is 0. The Morgan fingerprint density at radius 2 is 1.71 bits per heavy atom. The molecular weight excluding hydrogens is 358 g/mol. The molecule has 0 bridgehead atoms. The minimum Gasteiger partial charge on any atom is -0.493 e. The average molecular weight is 383 g/mol. The van der Waals surface area contributed by atoms with Gasteiger partial charge in [0.15, 0.2) is 11.5 Å². The van der Waals surface area contributed by atoms with Crippen LogP contribution in [0.15, 0.2) is 47.6 Å². The largest absolute Gasteiger partial charge is 0.493 e. The molecule has 0 saturated heterocycles. The summed E-state index contributed by atoms with van der Waals surface area (Å²) in [5, 5.41) is 6.44. The van der Waals surface area contributed by atoms with Crippen molar-refractivity contribution in [2.75, 3.05) is 20.8 Å². The highest BCUT2D eigenvalue weighted by Gasteiger charge is 2.11. The van der Waals surface area contributed by atoms with Crippen molar-refractivity contribution in [2.24, 2.45) is 5.10 Å². The third kappa shape index (κ3) is 5.84. The molecule has 0 unspecified atom stereocenters. The van der Waals surface area contributed by atoms with E-state index in [0.717, 1.165) is 5.56 Å². The topological polar surface area (TPSA) is 89.0 Å². The van der Waals surface area contributed by atoms with Crippen molar-refractivity contribution in [1.82, 2.24) is 10.7 Å². The number of hydrogen-bond acceptors (Lipinski definition) is 5. The van der Waals surface area contributed by atoms with Gasteiger partial charge < -0.3 is 14.8 Å². The average Bonchev–Trinajstić information content (AvgIpc) is 2.71. The zero-order chi connectivity index (χ0) is 20.5. The van der Waals surface area contributed by atoms with E-state index in [1.54, 1.807) is 24.4 Å². The van der Waals surface area contributed by atoms with Gasteiger partial charge in [-0.2, -0.15) is 5.10 Å². The van der Waals surface area contributed by atoms with E-state index < -0.39 is 11.8 Å². The van der Waals surface area contributed by atoms with Crippen LogP contribution < -0.4 is 20.2 Å². The smallest absolute Gasteiger partial charge is 0.259 e. The van der Waals surface area contributed by atoms with Gasteiger partial charge >= 0.3 is 0 Å². The van der Waals surface area contributed by atoms with E-state index in [9.17, 15) is 9.59 Å². The second-order valence-corrected chi connectivity index (χ2v) is 6.37. The van der Waals surface area contributed by atoms with Crippen LogP contribution >= 0.6 is 0 Å². The molecule has 0 aliphatic rings. The number of nitrogens with zero attached hydrogens (tertiary/aromatic N) is 1. The summed E-state index contributed by atoms with van der Waals surface area (Å²) in [6, 6.07) is 12.7. The minimum atomic E-state index is -0.427. The lowest BCUT2D eigenvalue weighted by atomic mass is 10.0. The molecule has 2 N–H and O–H groups in total. The first kappa shape index (κ1) is 21.0. The molecule has 2 aromatic carbocycles. The summed E-state index contributed by atoms with van der Waals surface area (Å²) in [5.41, 5.74) is 4.86. The molecule has 0 atom stereocenters. The normalized spacial score (nSPS) is 10.8. The molecule has 7 nitrogen and oxygen atoms in total. The third-order valence-corrected chi connectivity index (χ3v) is 4.06. The van der Waals surface area contributed by atoms with Crippen molar-refractivity contribution in [2.45, 2.75) is 19.8 Å². The molecule has 2 aromatic rings. The number of amides is 2. The van der Waals surface area contributed by atoms with Crippen LogP contribution in [0.1, 0.15) is 41.3 Å². The zero-order valence-electron chi connectivity index (χ0n) is 16.5. The van der Waals surface area contributed by atoms with Crippen LogP contribution in [0.5, 0.6) is 11.5 Å². The van der Waals surface area contributed by atoms with Crippen molar-refractivity contribution in [1.29, 1.82) is 0 Å². The van der Waals surface area contributed by atoms with Gasteiger partial charge in [0.2, 0.25) is 0 Å². The fourth-order valence-electron chi connectivity index (χ4n) is 2.43. The number of carbonyl (C=O) groups excluding carboxylic acids is 2. The fourth-order valence-corrected chi connectivity index (χ4v) is 2.43. The quantitative estimate of drug-likeness (QED) is 0.542. The van der Waals surface area contributed by atoms with E-state index in [0.29, 0.717) is 23.0 Å². The summed E-state index contributed by atoms with van der Waals surface area (Å²) in [5.74, 6) is 0.591.